The number of hydrogen-bond donors (Lipinski definition) is 1. The summed E-state index contributed by atoms with van der Waals surface area (Å²) in [6.07, 6.45) is 3.34. The van der Waals surface area contributed by atoms with E-state index in [2.05, 4.69) is 36.0 Å². The van der Waals surface area contributed by atoms with Crippen molar-refractivity contribution in [1.29, 1.82) is 0 Å². The molecule has 1 heterocycles. The quantitative estimate of drug-likeness (QED) is 0.861. The Balaban J connectivity index is 1.81. The summed E-state index contributed by atoms with van der Waals surface area (Å²) < 4.78 is 5.25. The molecule has 0 aliphatic heterocycles. The van der Waals surface area contributed by atoms with Gasteiger partial charge in [-0.2, -0.15) is 0 Å². The Morgan fingerprint density at radius 1 is 1.53 bits per heavy atom. The van der Waals surface area contributed by atoms with E-state index >= 15 is 0 Å². The molecule has 1 amide bonds. The third-order valence-electron chi connectivity index (χ3n) is 3.34. The van der Waals surface area contributed by atoms with Crippen molar-refractivity contribution in [2.24, 2.45) is 0 Å². The van der Waals surface area contributed by atoms with Crippen molar-refractivity contribution in [1.82, 2.24) is 10.3 Å². The molecule has 4 nitrogen and oxygen atoms in total. The van der Waals surface area contributed by atoms with E-state index in [1.807, 2.05) is 6.07 Å². The zero-order valence-corrected chi connectivity index (χ0v) is 12.9. The number of nitrogens with one attached hydrogen (secondary N) is 1. The Bertz CT molecular complexity index is 457. The Hall–Kier alpha value is -1.36. The first-order chi connectivity index (χ1) is 8.96. The topological polar surface area (TPSA) is 51.2 Å². The lowest BCUT2D eigenvalue weighted by Crippen LogP contribution is -2.30. The van der Waals surface area contributed by atoms with Crippen molar-refractivity contribution in [3.63, 3.8) is 0 Å². The van der Waals surface area contributed by atoms with Gasteiger partial charge in [-0.25, -0.2) is 4.79 Å². The summed E-state index contributed by atoms with van der Waals surface area (Å²) in [4.78, 5) is 16.1. The smallest absolute Gasteiger partial charge is 0.407 e. The van der Waals surface area contributed by atoms with Crippen LogP contribution in [0.5, 0.6) is 0 Å². The van der Waals surface area contributed by atoms with Gasteiger partial charge >= 0.3 is 6.09 Å². The molecule has 0 spiro atoms. The van der Waals surface area contributed by atoms with E-state index in [0.29, 0.717) is 6.61 Å². The molecule has 1 N–H and O–H groups in total. The number of hydrogen-bond acceptors (Lipinski definition) is 3. The minimum absolute atomic E-state index is 0.00980. The monoisotopic (exact) mass is 278 g/mol. The number of rotatable bonds is 4. The standard InChI is InChI=1S/C14H22N2O2Si/c1-19(2,3)10-9-18-14(17)16-12-7-6-11-5-4-8-15-13(11)12/h4-5,8,12H,6-7,9-10H2,1-3H3,(H,16,17). The van der Waals surface area contributed by atoms with Gasteiger partial charge in [-0.3, -0.25) is 4.98 Å². The van der Waals surface area contributed by atoms with Crippen LogP contribution in [0.25, 0.3) is 0 Å². The molecule has 0 bridgehead atoms. The van der Waals surface area contributed by atoms with Crippen molar-refractivity contribution >= 4 is 14.2 Å². The third-order valence-corrected chi connectivity index (χ3v) is 5.04. The van der Waals surface area contributed by atoms with Crippen LogP contribution < -0.4 is 5.32 Å². The largest absolute Gasteiger partial charge is 0.450 e. The predicted molar refractivity (Wildman–Crippen MR) is 77.9 cm³/mol. The van der Waals surface area contributed by atoms with E-state index in [1.165, 1.54) is 5.56 Å². The number of aryl methyl sites for hydroxylation is 1. The minimum atomic E-state index is -1.14. The zero-order chi connectivity index (χ0) is 13.9. The number of carbonyl (C=O) groups excluding carboxylic acids is 1. The molecule has 0 radical (unpaired) electrons. The summed E-state index contributed by atoms with van der Waals surface area (Å²) >= 11 is 0. The first kappa shape index (κ1) is 14.1. The first-order valence-corrected chi connectivity index (χ1v) is 10.5. The van der Waals surface area contributed by atoms with Crippen LogP contribution >= 0.6 is 0 Å². The normalized spacial score (nSPS) is 17.9. The summed E-state index contributed by atoms with van der Waals surface area (Å²) in [6.45, 7) is 7.32. The van der Waals surface area contributed by atoms with Crippen LogP contribution in [0.4, 0.5) is 4.79 Å². The van der Waals surface area contributed by atoms with Crippen LogP contribution in [0.2, 0.25) is 25.7 Å². The van der Waals surface area contributed by atoms with Crippen molar-refractivity contribution < 1.29 is 9.53 Å². The molecular formula is C14H22N2O2Si. The molecule has 1 atom stereocenters. The van der Waals surface area contributed by atoms with Gasteiger partial charge in [-0.15, -0.1) is 0 Å². The van der Waals surface area contributed by atoms with Crippen LogP contribution in [0.3, 0.4) is 0 Å². The Labute approximate surface area is 115 Å². The van der Waals surface area contributed by atoms with Crippen LogP contribution in [0.15, 0.2) is 18.3 Å². The van der Waals surface area contributed by atoms with E-state index in [1.54, 1.807) is 6.20 Å². The molecule has 1 aliphatic rings. The van der Waals surface area contributed by atoms with Crippen LogP contribution in [-0.2, 0) is 11.2 Å². The molecule has 0 aromatic carbocycles. The van der Waals surface area contributed by atoms with E-state index in [4.69, 9.17) is 4.74 Å². The lowest BCUT2D eigenvalue weighted by molar-refractivity contribution is 0.147. The maximum Gasteiger partial charge on any atom is 0.407 e. The van der Waals surface area contributed by atoms with Gasteiger partial charge in [-0.05, 0) is 30.5 Å². The number of pyridine rings is 1. The maximum atomic E-state index is 11.7. The van der Waals surface area contributed by atoms with E-state index < -0.39 is 8.07 Å². The number of carbonyl (C=O) groups is 1. The first-order valence-electron chi connectivity index (χ1n) is 6.83. The van der Waals surface area contributed by atoms with Crippen molar-refractivity contribution in [2.75, 3.05) is 6.61 Å². The number of aromatic nitrogens is 1. The Morgan fingerprint density at radius 2 is 2.32 bits per heavy atom. The SMILES string of the molecule is C[Si](C)(C)CCOC(=O)NC1CCc2cccnc21. The van der Waals surface area contributed by atoms with E-state index in [9.17, 15) is 4.79 Å². The molecule has 19 heavy (non-hydrogen) atoms. The molecule has 1 unspecified atom stereocenters. The molecular weight excluding hydrogens is 256 g/mol. The minimum Gasteiger partial charge on any atom is -0.450 e. The van der Waals surface area contributed by atoms with Gasteiger partial charge in [0.1, 0.15) is 0 Å². The fourth-order valence-corrected chi connectivity index (χ4v) is 2.90. The number of fused-ring (bicyclic) bond motifs is 1. The molecule has 104 valence electrons. The fraction of sp³-hybridized carbons (Fsp3) is 0.571. The maximum absolute atomic E-state index is 11.7. The molecule has 0 saturated carbocycles. The average molecular weight is 278 g/mol. The summed E-state index contributed by atoms with van der Waals surface area (Å²) in [5, 5.41) is 2.91. The second kappa shape index (κ2) is 5.73. The second-order valence-electron chi connectivity index (χ2n) is 6.23. The van der Waals surface area contributed by atoms with E-state index in [0.717, 1.165) is 24.6 Å². The molecule has 0 saturated heterocycles. The number of alkyl carbamates (subject to hydrolysis) is 1. The summed E-state index contributed by atoms with van der Waals surface area (Å²) in [5.74, 6) is 0. The van der Waals surface area contributed by atoms with Crippen LogP contribution in [0.1, 0.15) is 23.7 Å². The molecule has 1 aromatic rings. The highest BCUT2D eigenvalue weighted by Crippen LogP contribution is 2.28. The summed E-state index contributed by atoms with van der Waals surface area (Å²) in [6, 6.07) is 5.02. The highest BCUT2D eigenvalue weighted by molar-refractivity contribution is 6.76. The highest BCUT2D eigenvalue weighted by atomic mass is 28.3. The third kappa shape index (κ3) is 4.06. The van der Waals surface area contributed by atoms with Gasteiger partial charge in [0, 0.05) is 14.3 Å². The van der Waals surface area contributed by atoms with Gasteiger partial charge in [0.2, 0.25) is 0 Å². The van der Waals surface area contributed by atoms with Gasteiger partial charge < -0.3 is 10.1 Å². The zero-order valence-electron chi connectivity index (χ0n) is 11.9. The van der Waals surface area contributed by atoms with Crippen molar-refractivity contribution in [3.8, 4) is 0 Å². The van der Waals surface area contributed by atoms with Gasteiger partial charge in [0.05, 0.1) is 18.3 Å². The summed E-state index contributed by atoms with van der Waals surface area (Å²) in [7, 11) is -1.14. The van der Waals surface area contributed by atoms with E-state index in [-0.39, 0.29) is 12.1 Å². The molecule has 1 aliphatic carbocycles. The number of amides is 1. The highest BCUT2D eigenvalue weighted by Gasteiger charge is 2.25. The second-order valence-corrected chi connectivity index (χ2v) is 11.9. The summed E-state index contributed by atoms with van der Waals surface area (Å²) in [5.41, 5.74) is 2.22. The van der Waals surface area contributed by atoms with Gasteiger partial charge in [0.15, 0.2) is 0 Å². The molecule has 0 fully saturated rings. The van der Waals surface area contributed by atoms with Crippen molar-refractivity contribution in [3.05, 3.63) is 29.6 Å². The number of nitrogens with zero attached hydrogens (tertiary/aromatic N) is 1. The number of ether oxygens (including phenoxy) is 1. The fourth-order valence-electron chi connectivity index (χ4n) is 2.19. The average Bonchev–Trinajstić information content (AvgIpc) is 2.71. The Morgan fingerprint density at radius 3 is 3.05 bits per heavy atom. The Kier molecular flexibility index (Phi) is 4.24. The molecule has 1 aromatic heterocycles. The van der Waals surface area contributed by atoms with Crippen LogP contribution in [0, 0.1) is 0 Å². The molecule has 5 heteroatoms. The van der Waals surface area contributed by atoms with Crippen molar-refractivity contribution in [2.45, 2.75) is 44.6 Å². The van der Waals surface area contributed by atoms with Gasteiger partial charge in [0.25, 0.3) is 0 Å². The van der Waals surface area contributed by atoms with Gasteiger partial charge in [-0.1, -0.05) is 25.7 Å². The lowest BCUT2D eigenvalue weighted by atomic mass is 10.2. The lowest BCUT2D eigenvalue weighted by Gasteiger charge is -2.17. The molecule has 2 rings (SSSR count). The predicted octanol–water partition coefficient (Wildman–Crippen LogP) is 3.13. The van der Waals surface area contributed by atoms with Crippen LogP contribution in [-0.4, -0.2) is 25.8 Å².